The molecular weight excluding hydrogens is 234 g/mol. The molecule has 0 fully saturated rings. The van der Waals surface area contributed by atoms with Crippen molar-refractivity contribution in [1.29, 1.82) is 0 Å². The minimum absolute atomic E-state index is 0.166. The topological polar surface area (TPSA) is 83.4 Å². The van der Waals surface area contributed by atoms with Crippen LogP contribution >= 0.6 is 0 Å². The van der Waals surface area contributed by atoms with Gasteiger partial charge in [-0.15, -0.1) is 0 Å². The van der Waals surface area contributed by atoms with Gasteiger partial charge in [-0.3, -0.25) is 4.79 Å². The molecule has 1 amide bonds. The number of carbonyl (C=O) groups excluding carboxylic acids is 1. The van der Waals surface area contributed by atoms with E-state index in [0.29, 0.717) is 13.1 Å². The molecule has 0 aliphatic carbocycles. The van der Waals surface area contributed by atoms with E-state index in [-0.39, 0.29) is 17.3 Å². The fourth-order valence-corrected chi connectivity index (χ4v) is 1.67. The van der Waals surface area contributed by atoms with E-state index >= 15 is 0 Å². The van der Waals surface area contributed by atoms with Crippen molar-refractivity contribution >= 4 is 11.9 Å². The van der Waals surface area contributed by atoms with Gasteiger partial charge in [0, 0.05) is 13.1 Å². The smallest absolute Gasteiger partial charge is 0.356 e. The van der Waals surface area contributed by atoms with Crippen molar-refractivity contribution < 1.29 is 14.7 Å². The van der Waals surface area contributed by atoms with Crippen LogP contribution < -0.4 is 0 Å². The number of carbonyl (C=O) groups is 2. The monoisotopic (exact) mass is 247 g/mol. The Labute approximate surface area is 104 Å². The summed E-state index contributed by atoms with van der Waals surface area (Å²) >= 11 is 0. The first-order valence-corrected chi connectivity index (χ1v) is 5.58. The van der Waals surface area contributed by atoms with Crippen LogP contribution in [0, 0.1) is 0 Å². The van der Waals surface area contributed by atoms with E-state index in [2.05, 4.69) is 9.97 Å². The van der Waals surface area contributed by atoms with Crippen molar-refractivity contribution in [2.45, 2.75) is 13.3 Å². The second kappa shape index (κ2) is 4.95. The zero-order chi connectivity index (χ0) is 13.1. The zero-order valence-corrected chi connectivity index (χ0v) is 9.96. The molecule has 0 unspecified atom stereocenters. The molecule has 1 aromatic heterocycles. The fourth-order valence-electron chi connectivity index (χ4n) is 1.67. The zero-order valence-electron chi connectivity index (χ0n) is 9.96. The van der Waals surface area contributed by atoms with Crippen LogP contribution in [0.3, 0.4) is 0 Å². The van der Waals surface area contributed by atoms with Crippen molar-refractivity contribution in [1.82, 2.24) is 14.9 Å². The third-order valence-electron chi connectivity index (χ3n) is 2.81. The highest BCUT2D eigenvalue weighted by atomic mass is 16.4. The Hall–Kier alpha value is -2.24. The van der Waals surface area contributed by atoms with Crippen LogP contribution in [0.2, 0.25) is 0 Å². The first-order chi connectivity index (χ1) is 8.58. The second-order valence-electron chi connectivity index (χ2n) is 4.14. The first kappa shape index (κ1) is 12.2. The van der Waals surface area contributed by atoms with E-state index in [9.17, 15) is 9.59 Å². The molecule has 0 saturated carbocycles. The van der Waals surface area contributed by atoms with Gasteiger partial charge in [-0.05, 0) is 13.3 Å². The number of aromatic carboxylic acids is 1. The summed E-state index contributed by atoms with van der Waals surface area (Å²) in [4.78, 5) is 31.8. The lowest BCUT2D eigenvalue weighted by Crippen LogP contribution is -2.35. The molecule has 0 radical (unpaired) electrons. The number of hydrogen-bond donors (Lipinski definition) is 1. The highest BCUT2D eigenvalue weighted by Crippen LogP contribution is 2.12. The summed E-state index contributed by atoms with van der Waals surface area (Å²) in [6, 6.07) is 0. The molecule has 6 heteroatoms. The van der Waals surface area contributed by atoms with Gasteiger partial charge in [-0.2, -0.15) is 0 Å². The van der Waals surface area contributed by atoms with Crippen LogP contribution in [0.25, 0.3) is 0 Å². The quantitative estimate of drug-likeness (QED) is 0.787. The van der Waals surface area contributed by atoms with Gasteiger partial charge in [0.15, 0.2) is 5.69 Å². The van der Waals surface area contributed by atoms with Crippen LogP contribution in [0.5, 0.6) is 0 Å². The molecule has 1 aliphatic rings. The predicted molar refractivity (Wildman–Crippen MR) is 63.3 cm³/mol. The van der Waals surface area contributed by atoms with E-state index in [4.69, 9.17) is 5.11 Å². The SMILES string of the molecule is CC1=CCN(C(=O)c2cnc(C(=O)O)cn2)CC1. The molecule has 1 aliphatic heterocycles. The van der Waals surface area contributed by atoms with E-state index < -0.39 is 5.97 Å². The molecule has 6 nitrogen and oxygen atoms in total. The van der Waals surface area contributed by atoms with E-state index in [1.165, 1.54) is 11.8 Å². The molecule has 2 rings (SSSR count). The molecule has 1 N–H and O–H groups in total. The van der Waals surface area contributed by atoms with Crippen molar-refractivity contribution in [2.24, 2.45) is 0 Å². The summed E-state index contributed by atoms with van der Waals surface area (Å²) in [5.74, 6) is -1.37. The summed E-state index contributed by atoms with van der Waals surface area (Å²) in [5.41, 5.74) is 1.28. The Bertz CT molecular complexity index is 508. The lowest BCUT2D eigenvalue weighted by atomic mass is 10.1. The van der Waals surface area contributed by atoms with Crippen LogP contribution in [0.1, 0.15) is 34.3 Å². The number of hydrogen-bond acceptors (Lipinski definition) is 4. The van der Waals surface area contributed by atoms with Crippen LogP contribution in [-0.4, -0.2) is 44.9 Å². The van der Waals surface area contributed by atoms with Crippen LogP contribution in [-0.2, 0) is 0 Å². The second-order valence-corrected chi connectivity index (χ2v) is 4.14. The lowest BCUT2D eigenvalue weighted by molar-refractivity contribution is 0.0686. The number of rotatable bonds is 2. The predicted octanol–water partition coefficient (Wildman–Crippen LogP) is 0.967. The third kappa shape index (κ3) is 2.53. The molecular formula is C12H13N3O3. The molecule has 18 heavy (non-hydrogen) atoms. The lowest BCUT2D eigenvalue weighted by Gasteiger charge is -2.24. The Morgan fingerprint density at radius 3 is 2.44 bits per heavy atom. The Morgan fingerprint density at radius 1 is 1.28 bits per heavy atom. The largest absolute Gasteiger partial charge is 0.476 e. The molecule has 94 valence electrons. The molecule has 0 aromatic carbocycles. The standard InChI is InChI=1S/C12H13N3O3/c1-8-2-4-15(5-3-8)11(16)9-6-14-10(7-13-9)12(17)18/h2,6-7H,3-5H2,1H3,(H,17,18). The van der Waals surface area contributed by atoms with Gasteiger partial charge in [0.1, 0.15) is 5.69 Å². The van der Waals surface area contributed by atoms with Gasteiger partial charge in [0.2, 0.25) is 0 Å². The summed E-state index contributed by atoms with van der Waals surface area (Å²) in [6.45, 7) is 3.25. The van der Waals surface area contributed by atoms with Gasteiger partial charge in [0.05, 0.1) is 12.4 Å². The maximum Gasteiger partial charge on any atom is 0.356 e. The minimum atomic E-state index is -1.15. The van der Waals surface area contributed by atoms with Gasteiger partial charge in [0.25, 0.3) is 5.91 Å². The molecule has 0 bridgehead atoms. The van der Waals surface area contributed by atoms with E-state index in [1.54, 1.807) is 4.90 Å². The molecule has 2 heterocycles. The van der Waals surface area contributed by atoms with Crippen molar-refractivity contribution in [3.63, 3.8) is 0 Å². The number of nitrogens with zero attached hydrogens (tertiary/aromatic N) is 3. The van der Waals surface area contributed by atoms with Gasteiger partial charge < -0.3 is 10.0 Å². The van der Waals surface area contributed by atoms with Gasteiger partial charge >= 0.3 is 5.97 Å². The summed E-state index contributed by atoms with van der Waals surface area (Å²) in [5, 5.41) is 8.69. The molecule has 0 atom stereocenters. The van der Waals surface area contributed by atoms with E-state index in [1.807, 2.05) is 13.0 Å². The highest BCUT2D eigenvalue weighted by molar-refractivity contribution is 5.93. The third-order valence-corrected chi connectivity index (χ3v) is 2.81. The number of carboxylic acid groups (broad SMARTS) is 1. The van der Waals surface area contributed by atoms with Crippen molar-refractivity contribution in [3.05, 3.63) is 35.4 Å². The van der Waals surface area contributed by atoms with Gasteiger partial charge in [-0.25, -0.2) is 14.8 Å². The van der Waals surface area contributed by atoms with Gasteiger partial charge in [-0.1, -0.05) is 11.6 Å². The van der Waals surface area contributed by atoms with Crippen molar-refractivity contribution in [3.8, 4) is 0 Å². The summed E-state index contributed by atoms with van der Waals surface area (Å²) < 4.78 is 0. The summed E-state index contributed by atoms with van der Waals surface area (Å²) in [7, 11) is 0. The maximum absolute atomic E-state index is 12.0. The average molecular weight is 247 g/mol. The minimum Gasteiger partial charge on any atom is -0.476 e. The molecule has 1 aromatic rings. The molecule has 0 saturated heterocycles. The Morgan fingerprint density at radius 2 is 1.94 bits per heavy atom. The first-order valence-electron chi connectivity index (χ1n) is 5.58. The Kier molecular flexibility index (Phi) is 3.36. The normalized spacial score (nSPS) is 15.2. The fraction of sp³-hybridized carbons (Fsp3) is 0.333. The number of carboxylic acids is 1. The maximum atomic E-state index is 12.0. The number of amides is 1. The van der Waals surface area contributed by atoms with E-state index in [0.717, 1.165) is 12.6 Å². The highest BCUT2D eigenvalue weighted by Gasteiger charge is 2.19. The number of aromatic nitrogens is 2. The van der Waals surface area contributed by atoms with Crippen LogP contribution in [0.4, 0.5) is 0 Å². The average Bonchev–Trinajstić information content (AvgIpc) is 2.39. The summed E-state index contributed by atoms with van der Waals surface area (Å²) in [6.07, 6.45) is 5.16. The van der Waals surface area contributed by atoms with Crippen LogP contribution in [0.15, 0.2) is 24.0 Å². The molecule has 0 spiro atoms. The van der Waals surface area contributed by atoms with Crippen molar-refractivity contribution in [2.75, 3.05) is 13.1 Å². The Balaban J connectivity index is 2.12.